The molecule has 1 aromatic heterocycles. The van der Waals surface area contributed by atoms with E-state index < -0.39 is 18.6 Å². The van der Waals surface area contributed by atoms with E-state index in [-0.39, 0.29) is 30.7 Å². The molecule has 0 fully saturated rings. The number of aliphatic hydroxyl groups is 1. The van der Waals surface area contributed by atoms with Crippen LogP contribution in [-0.4, -0.2) is 46.8 Å². The molecule has 0 aliphatic carbocycles. The van der Waals surface area contributed by atoms with Gasteiger partial charge in [0.15, 0.2) is 0 Å². The van der Waals surface area contributed by atoms with Gasteiger partial charge in [0.25, 0.3) is 5.91 Å². The highest BCUT2D eigenvalue weighted by atomic mass is 19.4. The molecular formula is C14H15F3N2O2. The molecule has 7 heteroatoms. The summed E-state index contributed by atoms with van der Waals surface area (Å²) in [6, 6.07) is 1.34. The van der Waals surface area contributed by atoms with Crippen LogP contribution in [0.2, 0.25) is 0 Å². The zero-order valence-corrected chi connectivity index (χ0v) is 11.4. The van der Waals surface area contributed by atoms with E-state index in [1.54, 1.807) is 0 Å². The number of aliphatic hydroxyl groups excluding tert-OH is 1. The molecule has 114 valence electrons. The van der Waals surface area contributed by atoms with Crippen LogP contribution in [0, 0.1) is 11.8 Å². The van der Waals surface area contributed by atoms with E-state index in [2.05, 4.69) is 16.8 Å². The number of amides is 1. The van der Waals surface area contributed by atoms with Crippen LogP contribution in [0.5, 0.6) is 0 Å². The fraction of sp³-hybridized carbons (Fsp3) is 0.429. The molecule has 21 heavy (non-hydrogen) atoms. The van der Waals surface area contributed by atoms with Crippen LogP contribution in [-0.2, 0) is 0 Å². The van der Waals surface area contributed by atoms with Gasteiger partial charge < -0.3 is 10.0 Å². The van der Waals surface area contributed by atoms with E-state index in [0.29, 0.717) is 4.90 Å². The van der Waals surface area contributed by atoms with Crippen molar-refractivity contribution in [1.82, 2.24) is 9.88 Å². The van der Waals surface area contributed by atoms with Gasteiger partial charge in [-0.25, -0.2) is 0 Å². The van der Waals surface area contributed by atoms with Crippen molar-refractivity contribution in [3.63, 3.8) is 0 Å². The summed E-state index contributed by atoms with van der Waals surface area (Å²) < 4.78 is 37.4. The summed E-state index contributed by atoms with van der Waals surface area (Å²) >= 11 is 0. The van der Waals surface area contributed by atoms with Gasteiger partial charge in [0, 0.05) is 25.4 Å². The fourth-order valence-corrected chi connectivity index (χ4v) is 1.61. The van der Waals surface area contributed by atoms with Crippen molar-refractivity contribution in [1.29, 1.82) is 0 Å². The summed E-state index contributed by atoms with van der Waals surface area (Å²) in [5, 5.41) is 8.66. The van der Waals surface area contributed by atoms with Gasteiger partial charge in [-0.2, -0.15) is 13.2 Å². The Balaban J connectivity index is 3.04. The Kier molecular flexibility index (Phi) is 6.18. The zero-order valence-electron chi connectivity index (χ0n) is 11.4. The quantitative estimate of drug-likeness (QED) is 0.863. The second kappa shape index (κ2) is 7.64. The molecule has 0 saturated heterocycles. The highest BCUT2D eigenvalue weighted by Crippen LogP contribution is 2.18. The lowest BCUT2D eigenvalue weighted by Gasteiger charge is -2.22. The lowest BCUT2D eigenvalue weighted by Crippen LogP contribution is -2.39. The van der Waals surface area contributed by atoms with Crippen LogP contribution in [0.25, 0.3) is 0 Å². The maximum absolute atomic E-state index is 12.5. The monoisotopic (exact) mass is 300 g/mol. The Morgan fingerprint density at radius 3 is 2.76 bits per heavy atom. The molecule has 0 aromatic carbocycles. The molecule has 4 nitrogen and oxygen atoms in total. The van der Waals surface area contributed by atoms with Gasteiger partial charge in [0.1, 0.15) is 6.54 Å². The largest absolute Gasteiger partial charge is 0.406 e. The van der Waals surface area contributed by atoms with Crippen LogP contribution >= 0.6 is 0 Å². The predicted molar refractivity (Wildman–Crippen MR) is 70.5 cm³/mol. The summed E-state index contributed by atoms with van der Waals surface area (Å²) in [6.07, 6.45) is -1.60. The number of carbonyl (C=O) groups is 1. The van der Waals surface area contributed by atoms with E-state index >= 15 is 0 Å². The SMILES string of the molecule is CCN(CC(F)(F)F)C(=O)c1ccncc1C#CCCO. The molecule has 0 aliphatic rings. The average Bonchev–Trinajstić information content (AvgIpc) is 2.44. The number of carbonyl (C=O) groups excluding carboxylic acids is 1. The van der Waals surface area contributed by atoms with Gasteiger partial charge in [0.05, 0.1) is 17.7 Å². The first-order chi connectivity index (χ1) is 9.89. The van der Waals surface area contributed by atoms with Gasteiger partial charge in [0.2, 0.25) is 0 Å². The molecule has 0 bridgehead atoms. The van der Waals surface area contributed by atoms with E-state index in [9.17, 15) is 18.0 Å². The van der Waals surface area contributed by atoms with Crippen molar-refractivity contribution < 1.29 is 23.1 Å². The van der Waals surface area contributed by atoms with Crippen molar-refractivity contribution in [2.75, 3.05) is 19.7 Å². The molecule has 0 saturated carbocycles. The van der Waals surface area contributed by atoms with Gasteiger partial charge in [-0.05, 0) is 13.0 Å². The van der Waals surface area contributed by atoms with E-state index in [1.165, 1.54) is 25.4 Å². The first-order valence-corrected chi connectivity index (χ1v) is 6.28. The number of rotatable bonds is 4. The van der Waals surface area contributed by atoms with Crippen LogP contribution in [0.1, 0.15) is 29.3 Å². The van der Waals surface area contributed by atoms with Gasteiger partial charge in [-0.3, -0.25) is 9.78 Å². The number of pyridine rings is 1. The molecule has 1 heterocycles. The van der Waals surface area contributed by atoms with E-state index in [1.807, 2.05) is 0 Å². The molecule has 1 amide bonds. The van der Waals surface area contributed by atoms with Crippen LogP contribution in [0.3, 0.4) is 0 Å². The molecule has 0 unspecified atom stereocenters. The Labute approximate surface area is 120 Å². The Hall–Kier alpha value is -2.07. The standard InChI is InChI=1S/C14H15F3N2O2/c1-2-19(10-14(15,16)17)13(21)12-6-7-18-9-11(12)5-3-4-8-20/h6-7,9,20H,2,4,8,10H2,1H3. The first-order valence-electron chi connectivity index (χ1n) is 6.28. The minimum absolute atomic E-state index is 0.0653. The zero-order chi connectivity index (χ0) is 15.9. The normalized spacial score (nSPS) is 10.7. The molecule has 1 rings (SSSR count). The molecule has 0 atom stereocenters. The first kappa shape index (κ1) is 17.0. The number of hydrogen-bond acceptors (Lipinski definition) is 3. The highest BCUT2D eigenvalue weighted by molar-refractivity contribution is 5.96. The fourth-order valence-electron chi connectivity index (χ4n) is 1.61. The smallest absolute Gasteiger partial charge is 0.395 e. The molecule has 0 radical (unpaired) electrons. The minimum Gasteiger partial charge on any atom is -0.395 e. The maximum Gasteiger partial charge on any atom is 0.406 e. The highest BCUT2D eigenvalue weighted by Gasteiger charge is 2.33. The van der Waals surface area contributed by atoms with E-state index in [4.69, 9.17) is 5.11 Å². The van der Waals surface area contributed by atoms with Crippen molar-refractivity contribution in [2.24, 2.45) is 0 Å². The third-order valence-electron chi connectivity index (χ3n) is 2.55. The number of aromatic nitrogens is 1. The third-order valence-corrected chi connectivity index (χ3v) is 2.55. The van der Waals surface area contributed by atoms with Crippen molar-refractivity contribution in [3.8, 4) is 11.8 Å². The van der Waals surface area contributed by atoms with E-state index in [0.717, 1.165) is 0 Å². The topological polar surface area (TPSA) is 53.4 Å². The number of halogens is 3. The third kappa shape index (κ3) is 5.44. The lowest BCUT2D eigenvalue weighted by molar-refractivity contribution is -0.140. The second-order valence-corrected chi connectivity index (χ2v) is 4.13. The predicted octanol–water partition coefficient (Wildman–Crippen LogP) is 1.84. The summed E-state index contributed by atoms with van der Waals surface area (Å²) in [6.45, 7) is -0.0357. The van der Waals surface area contributed by atoms with Gasteiger partial charge in [-0.15, -0.1) is 0 Å². The van der Waals surface area contributed by atoms with Crippen molar-refractivity contribution in [2.45, 2.75) is 19.5 Å². The van der Waals surface area contributed by atoms with Gasteiger partial charge >= 0.3 is 6.18 Å². The van der Waals surface area contributed by atoms with Crippen LogP contribution < -0.4 is 0 Å². The molecule has 1 aromatic rings. The molecule has 0 spiro atoms. The molecule has 1 N–H and O–H groups in total. The molecule has 0 aliphatic heterocycles. The lowest BCUT2D eigenvalue weighted by atomic mass is 10.1. The van der Waals surface area contributed by atoms with Crippen molar-refractivity contribution in [3.05, 3.63) is 29.6 Å². The summed E-state index contributed by atoms with van der Waals surface area (Å²) in [5.41, 5.74) is 0.318. The maximum atomic E-state index is 12.5. The van der Waals surface area contributed by atoms with Crippen molar-refractivity contribution >= 4 is 5.91 Å². The number of hydrogen-bond donors (Lipinski definition) is 1. The van der Waals surface area contributed by atoms with Crippen LogP contribution in [0.15, 0.2) is 18.5 Å². The Morgan fingerprint density at radius 2 is 2.19 bits per heavy atom. The Morgan fingerprint density at radius 1 is 1.48 bits per heavy atom. The van der Waals surface area contributed by atoms with Crippen LogP contribution in [0.4, 0.5) is 13.2 Å². The average molecular weight is 300 g/mol. The molecular weight excluding hydrogens is 285 g/mol. The Bertz CT molecular complexity index is 547. The summed E-state index contributed by atoms with van der Waals surface area (Å²) in [5.74, 6) is 4.51. The minimum atomic E-state index is -4.46. The number of alkyl halides is 3. The van der Waals surface area contributed by atoms with Gasteiger partial charge in [-0.1, -0.05) is 11.8 Å². The second-order valence-electron chi connectivity index (χ2n) is 4.13. The number of nitrogens with zero attached hydrogens (tertiary/aromatic N) is 2. The summed E-state index contributed by atoms with van der Waals surface area (Å²) in [4.78, 5) is 16.7. The summed E-state index contributed by atoms with van der Waals surface area (Å²) in [7, 11) is 0.